The molecule has 0 bridgehead atoms. The zero-order chi connectivity index (χ0) is 15.1. The number of carbonyl (C=O) groups is 1. The minimum Gasteiger partial charge on any atom is -0.465 e. The van der Waals surface area contributed by atoms with Crippen molar-refractivity contribution in [2.24, 2.45) is 5.11 Å². The fourth-order valence-electron chi connectivity index (χ4n) is 1.28. The van der Waals surface area contributed by atoms with Gasteiger partial charge in [-0.25, -0.2) is 9.18 Å². The van der Waals surface area contributed by atoms with Crippen molar-refractivity contribution < 1.29 is 18.8 Å². The maximum atomic E-state index is 13.7. The Morgan fingerprint density at radius 3 is 2.90 bits per heavy atom. The van der Waals surface area contributed by atoms with Crippen LogP contribution in [0.4, 0.5) is 10.1 Å². The van der Waals surface area contributed by atoms with Gasteiger partial charge in [0, 0.05) is 11.0 Å². The number of nitro groups is 1. The van der Waals surface area contributed by atoms with Crippen LogP contribution in [0.25, 0.3) is 10.4 Å². The Kier molecular flexibility index (Phi) is 5.03. The second-order valence-corrected chi connectivity index (χ2v) is 3.29. The summed E-state index contributed by atoms with van der Waals surface area (Å²) in [7, 11) is 1.03. The molecule has 0 spiro atoms. The molecule has 20 heavy (non-hydrogen) atoms. The molecular weight excluding hydrogens is 271 g/mol. The summed E-state index contributed by atoms with van der Waals surface area (Å²) in [6, 6.07) is 1.51. The summed E-state index contributed by atoms with van der Waals surface area (Å²) in [6.45, 7) is -0.206. The van der Waals surface area contributed by atoms with Gasteiger partial charge in [-0.1, -0.05) is 17.0 Å². The lowest BCUT2D eigenvalue weighted by Gasteiger charge is -2.02. The third-order valence-electron chi connectivity index (χ3n) is 2.12. The summed E-state index contributed by atoms with van der Waals surface area (Å²) >= 11 is 0. The Morgan fingerprint density at radius 2 is 2.35 bits per heavy atom. The third kappa shape index (κ3) is 3.44. The number of rotatable bonds is 3. The van der Waals surface area contributed by atoms with Gasteiger partial charge in [-0.05, 0) is 11.6 Å². The van der Waals surface area contributed by atoms with Crippen LogP contribution in [0, 0.1) is 27.8 Å². The normalized spacial score (nSPS) is 8.90. The Balaban J connectivity index is 3.32. The molecule has 0 radical (unpaired) electrons. The van der Waals surface area contributed by atoms with Gasteiger partial charge in [0.1, 0.15) is 11.4 Å². The van der Waals surface area contributed by atoms with E-state index in [1.807, 2.05) is 0 Å². The molecule has 9 heteroatoms. The fourth-order valence-corrected chi connectivity index (χ4v) is 1.28. The van der Waals surface area contributed by atoms with Crippen LogP contribution in [0.1, 0.15) is 15.9 Å². The van der Waals surface area contributed by atoms with Gasteiger partial charge in [-0.15, -0.1) is 0 Å². The van der Waals surface area contributed by atoms with Gasteiger partial charge in [0.2, 0.25) is 0 Å². The zero-order valence-corrected chi connectivity index (χ0v) is 10.2. The average molecular weight is 278 g/mol. The van der Waals surface area contributed by atoms with Crippen molar-refractivity contribution in [3.05, 3.63) is 49.6 Å². The lowest BCUT2D eigenvalue weighted by atomic mass is 10.1. The van der Waals surface area contributed by atoms with Gasteiger partial charge in [0.05, 0.1) is 24.1 Å². The molecule has 0 saturated carbocycles. The first-order valence-electron chi connectivity index (χ1n) is 5.07. The van der Waals surface area contributed by atoms with Crippen LogP contribution >= 0.6 is 0 Å². The Hall–Kier alpha value is -3.11. The molecule has 0 fully saturated rings. The molecule has 0 aliphatic rings. The van der Waals surface area contributed by atoms with E-state index >= 15 is 0 Å². The number of benzene rings is 1. The second kappa shape index (κ2) is 6.72. The Morgan fingerprint density at radius 1 is 1.65 bits per heavy atom. The topological polar surface area (TPSA) is 118 Å². The lowest BCUT2D eigenvalue weighted by molar-refractivity contribution is -0.385. The molecular formula is C11H7FN4O4. The molecule has 102 valence electrons. The summed E-state index contributed by atoms with van der Waals surface area (Å²) in [5, 5.41) is 14.0. The molecule has 0 aromatic heterocycles. The Labute approximate surface area is 111 Å². The van der Waals surface area contributed by atoms with E-state index in [0.717, 1.165) is 13.2 Å². The molecule has 8 nitrogen and oxygen atoms in total. The number of hydrogen-bond donors (Lipinski definition) is 0. The molecule has 1 rings (SSSR count). The van der Waals surface area contributed by atoms with Crippen molar-refractivity contribution in [3.63, 3.8) is 0 Å². The number of halogens is 1. The Bertz CT molecular complexity index is 671. The molecule has 0 N–H and O–H groups in total. The van der Waals surface area contributed by atoms with Gasteiger partial charge in [-0.3, -0.25) is 10.1 Å². The van der Waals surface area contributed by atoms with E-state index in [2.05, 4.69) is 26.6 Å². The smallest absolute Gasteiger partial charge is 0.344 e. The molecule has 1 aromatic rings. The van der Waals surface area contributed by atoms with E-state index in [9.17, 15) is 19.3 Å². The number of carbonyl (C=O) groups excluding carboxylic acids is 1. The van der Waals surface area contributed by atoms with Crippen molar-refractivity contribution >= 4 is 11.7 Å². The van der Waals surface area contributed by atoms with Crippen LogP contribution in [0.3, 0.4) is 0 Å². The van der Waals surface area contributed by atoms with Crippen LogP contribution in [0.5, 0.6) is 0 Å². The zero-order valence-electron chi connectivity index (χ0n) is 10.2. The first-order valence-corrected chi connectivity index (χ1v) is 5.07. The number of ether oxygens (including phenoxy) is 1. The summed E-state index contributed by atoms with van der Waals surface area (Å²) in [5.74, 6) is 2.67. The maximum absolute atomic E-state index is 13.7. The summed E-state index contributed by atoms with van der Waals surface area (Å²) < 4.78 is 18.0. The highest BCUT2D eigenvalue weighted by Gasteiger charge is 2.23. The van der Waals surface area contributed by atoms with Crippen LogP contribution < -0.4 is 0 Å². The number of nitrogens with zero attached hydrogens (tertiary/aromatic N) is 4. The van der Waals surface area contributed by atoms with Gasteiger partial charge in [-0.2, -0.15) is 0 Å². The van der Waals surface area contributed by atoms with Crippen molar-refractivity contribution in [3.8, 4) is 11.8 Å². The first kappa shape index (κ1) is 14.9. The van der Waals surface area contributed by atoms with Crippen LogP contribution in [0.2, 0.25) is 0 Å². The predicted molar refractivity (Wildman–Crippen MR) is 65.3 cm³/mol. The van der Waals surface area contributed by atoms with Crippen LogP contribution in [-0.2, 0) is 4.74 Å². The molecule has 0 unspecified atom stereocenters. The minimum absolute atomic E-state index is 0.206. The van der Waals surface area contributed by atoms with E-state index in [1.54, 1.807) is 0 Å². The molecule has 0 aliphatic carbocycles. The van der Waals surface area contributed by atoms with Gasteiger partial charge >= 0.3 is 5.97 Å². The third-order valence-corrected chi connectivity index (χ3v) is 2.12. The molecule has 1 aromatic carbocycles. The van der Waals surface area contributed by atoms with Gasteiger partial charge in [0.15, 0.2) is 0 Å². The predicted octanol–water partition coefficient (Wildman–Crippen LogP) is 2.18. The number of hydrogen-bond acceptors (Lipinski definition) is 5. The molecule has 0 amide bonds. The van der Waals surface area contributed by atoms with E-state index in [1.165, 1.54) is 0 Å². The number of azide groups is 1. The standard InChI is InChI=1S/C11H7FN4O4/c1-20-11(17)8-6-9(12)7(3-2-4-14-15-13)5-10(8)16(18)19/h5-6H,4H2,1H3. The fraction of sp³-hybridized carbons (Fsp3) is 0.182. The second-order valence-electron chi connectivity index (χ2n) is 3.29. The van der Waals surface area contributed by atoms with E-state index in [0.29, 0.717) is 6.07 Å². The van der Waals surface area contributed by atoms with Gasteiger partial charge < -0.3 is 4.74 Å². The summed E-state index contributed by atoms with van der Waals surface area (Å²) in [4.78, 5) is 23.8. The average Bonchev–Trinajstić information content (AvgIpc) is 2.43. The van der Waals surface area contributed by atoms with E-state index in [4.69, 9.17) is 5.53 Å². The first-order chi connectivity index (χ1) is 9.51. The van der Waals surface area contributed by atoms with E-state index < -0.39 is 28.0 Å². The van der Waals surface area contributed by atoms with Crippen molar-refractivity contribution in [1.82, 2.24) is 0 Å². The highest BCUT2D eigenvalue weighted by atomic mass is 19.1. The molecule has 0 aliphatic heterocycles. The SMILES string of the molecule is COC(=O)c1cc(F)c(C#CCN=[N+]=[N-])cc1[N+](=O)[O-]. The highest BCUT2D eigenvalue weighted by molar-refractivity contribution is 5.94. The van der Waals surface area contributed by atoms with Gasteiger partial charge in [0.25, 0.3) is 5.69 Å². The summed E-state index contributed by atoms with van der Waals surface area (Å²) in [6.07, 6.45) is 0. The molecule has 0 heterocycles. The number of esters is 1. The van der Waals surface area contributed by atoms with Crippen molar-refractivity contribution in [1.29, 1.82) is 0 Å². The largest absolute Gasteiger partial charge is 0.465 e. The highest BCUT2D eigenvalue weighted by Crippen LogP contribution is 2.23. The van der Waals surface area contributed by atoms with Crippen molar-refractivity contribution in [2.75, 3.05) is 13.7 Å². The maximum Gasteiger partial charge on any atom is 0.344 e. The van der Waals surface area contributed by atoms with E-state index in [-0.39, 0.29) is 12.1 Å². The van der Waals surface area contributed by atoms with Crippen LogP contribution in [-0.4, -0.2) is 24.5 Å². The number of methoxy groups -OCH3 is 1. The molecule has 0 atom stereocenters. The number of nitro benzene ring substituents is 1. The lowest BCUT2D eigenvalue weighted by Crippen LogP contribution is -2.07. The van der Waals surface area contributed by atoms with Crippen LogP contribution in [0.15, 0.2) is 17.2 Å². The monoisotopic (exact) mass is 278 g/mol. The van der Waals surface area contributed by atoms with Crippen molar-refractivity contribution in [2.45, 2.75) is 0 Å². The quantitative estimate of drug-likeness (QED) is 0.160. The minimum atomic E-state index is -1.02. The summed E-state index contributed by atoms with van der Waals surface area (Å²) in [5.41, 5.74) is 6.63. The molecule has 0 saturated heterocycles.